The second kappa shape index (κ2) is 7.84. The van der Waals surface area contributed by atoms with Crippen LogP contribution in [0.1, 0.15) is 21.7 Å². The summed E-state index contributed by atoms with van der Waals surface area (Å²) < 4.78 is 39.8. The number of hydrogen-bond donors (Lipinski definition) is 1. The molecule has 3 aromatic rings. The van der Waals surface area contributed by atoms with Crippen LogP contribution in [-0.2, 0) is 6.54 Å². The molecule has 0 aliphatic carbocycles. The van der Waals surface area contributed by atoms with Crippen molar-refractivity contribution in [2.45, 2.75) is 20.1 Å². The average molecular weight is 396 g/mol. The Kier molecular flexibility index (Phi) is 5.51. The molecule has 0 aliphatic heterocycles. The summed E-state index contributed by atoms with van der Waals surface area (Å²) in [6.45, 7) is -1.02. The molecular formula is C19H16ClF2NO4. The van der Waals surface area contributed by atoms with Crippen molar-refractivity contribution in [3.8, 4) is 11.5 Å². The molecule has 27 heavy (non-hydrogen) atoms. The van der Waals surface area contributed by atoms with Gasteiger partial charge in [-0.2, -0.15) is 8.78 Å². The summed E-state index contributed by atoms with van der Waals surface area (Å²) in [5.74, 6) is -0.132. The fourth-order valence-electron chi connectivity index (χ4n) is 2.69. The predicted octanol–water partition coefficient (Wildman–Crippen LogP) is 4.93. The van der Waals surface area contributed by atoms with E-state index in [0.717, 1.165) is 5.39 Å². The number of amides is 1. The third-order valence-electron chi connectivity index (χ3n) is 4.00. The van der Waals surface area contributed by atoms with Gasteiger partial charge in [0.1, 0.15) is 5.58 Å². The molecule has 0 atom stereocenters. The lowest BCUT2D eigenvalue weighted by molar-refractivity contribution is -0.0512. The van der Waals surface area contributed by atoms with Gasteiger partial charge in [-0.15, -0.1) is 0 Å². The standard InChI is InChI=1S/C19H16ClF2NO4/c1-10-13-8-12(20)4-6-14(13)26-17(10)18(24)23-9-11-3-5-15(27-19(21)22)16(7-11)25-2/h3-8,19H,9H2,1-2H3,(H,23,24). The molecule has 142 valence electrons. The highest BCUT2D eigenvalue weighted by Crippen LogP contribution is 2.30. The molecular weight excluding hydrogens is 380 g/mol. The number of benzene rings is 2. The molecule has 0 radical (unpaired) electrons. The zero-order chi connectivity index (χ0) is 19.6. The van der Waals surface area contributed by atoms with E-state index in [2.05, 4.69) is 10.1 Å². The maximum Gasteiger partial charge on any atom is 0.387 e. The first-order valence-electron chi connectivity index (χ1n) is 7.97. The topological polar surface area (TPSA) is 60.7 Å². The Morgan fingerprint density at radius 1 is 1.22 bits per heavy atom. The Labute approximate surface area is 158 Å². The number of ether oxygens (including phenoxy) is 2. The van der Waals surface area contributed by atoms with Crippen LogP contribution in [0.25, 0.3) is 11.0 Å². The second-order valence-corrected chi connectivity index (χ2v) is 6.18. The molecule has 0 unspecified atom stereocenters. The van der Waals surface area contributed by atoms with Gasteiger partial charge < -0.3 is 19.2 Å². The van der Waals surface area contributed by atoms with Crippen molar-refractivity contribution in [3.63, 3.8) is 0 Å². The highest BCUT2D eigenvalue weighted by atomic mass is 35.5. The monoisotopic (exact) mass is 395 g/mol. The Bertz CT molecular complexity index is 987. The van der Waals surface area contributed by atoms with Gasteiger partial charge in [0, 0.05) is 22.5 Å². The molecule has 1 amide bonds. The minimum atomic E-state index is -2.95. The van der Waals surface area contributed by atoms with Gasteiger partial charge in [-0.25, -0.2) is 0 Å². The average Bonchev–Trinajstić information content (AvgIpc) is 2.96. The number of nitrogens with one attached hydrogen (secondary N) is 1. The number of rotatable bonds is 6. The van der Waals surface area contributed by atoms with Crippen LogP contribution in [0.15, 0.2) is 40.8 Å². The summed E-state index contributed by atoms with van der Waals surface area (Å²) in [6, 6.07) is 9.56. The van der Waals surface area contributed by atoms with Crippen molar-refractivity contribution in [1.82, 2.24) is 5.32 Å². The molecule has 2 aromatic carbocycles. The molecule has 3 rings (SSSR count). The van der Waals surface area contributed by atoms with E-state index >= 15 is 0 Å². The van der Waals surface area contributed by atoms with Crippen LogP contribution in [0, 0.1) is 6.92 Å². The zero-order valence-electron chi connectivity index (χ0n) is 14.5. The molecule has 8 heteroatoms. The summed E-state index contributed by atoms with van der Waals surface area (Å²) >= 11 is 5.98. The first-order valence-corrected chi connectivity index (χ1v) is 8.35. The smallest absolute Gasteiger partial charge is 0.387 e. The normalized spacial score (nSPS) is 11.0. The van der Waals surface area contributed by atoms with E-state index in [-0.39, 0.29) is 23.8 Å². The van der Waals surface area contributed by atoms with E-state index in [4.69, 9.17) is 20.8 Å². The Hall–Kier alpha value is -2.80. The van der Waals surface area contributed by atoms with Gasteiger partial charge in [-0.05, 0) is 42.8 Å². The first kappa shape index (κ1) is 19.0. The van der Waals surface area contributed by atoms with E-state index in [9.17, 15) is 13.6 Å². The predicted molar refractivity (Wildman–Crippen MR) is 96.8 cm³/mol. The van der Waals surface area contributed by atoms with Crippen LogP contribution in [0.5, 0.6) is 11.5 Å². The molecule has 1 heterocycles. The van der Waals surface area contributed by atoms with Crippen LogP contribution in [0.3, 0.4) is 0 Å². The van der Waals surface area contributed by atoms with Crippen molar-refractivity contribution < 1.29 is 27.5 Å². The number of carbonyl (C=O) groups excluding carboxylic acids is 1. The van der Waals surface area contributed by atoms with Gasteiger partial charge in [0.05, 0.1) is 7.11 Å². The van der Waals surface area contributed by atoms with Gasteiger partial charge >= 0.3 is 6.61 Å². The number of methoxy groups -OCH3 is 1. The van der Waals surface area contributed by atoms with Crippen molar-refractivity contribution in [2.24, 2.45) is 0 Å². The number of fused-ring (bicyclic) bond motifs is 1. The SMILES string of the molecule is COc1cc(CNC(=O)c2oc3ccc(Cl)cc3c2C)ccc1OC(F)F. The Morgan fingerprint density at radius 2 is 2.00 bits per heavy atom. The molecule has 0 bridgehead atoms. The lowest BCUT2D eigenvalue weighted by atomic mass is 10.1. The van der Waals surface area contributed by atoms with Crippen molar-refractivity contribution in [2.75, 3.05) is 7.11 Å². The van der Waals surface area contributed by atoms with E-state index in [0.29, 0.717) is 21.7 Å². The van der Waals surface area contributed by atoms with Crippen LogP contribution in [-0.4, -0.2) is 19.6 Å². The molecule has 5 nitrogen and oxygen atoms in total. The van der Waals surface area contributed by atoms with E-state index in [1.807, 2.05) is 0 Å². The number of halogens is 3. The van der Waals surface area contributed by atoms with Gasteiger partial charge in [-0.3, -0.25) is 4.79 Å². The van der Waals surface area contributed by atoms with Gasteiger partial charge in [-0.1, -0.05) is 17.7 Å². The molecule has 1 aromatic heterocycles. The van der Waals surface area contributed by atoms with Gasteiger partial charge in [0.15, 0.2) is 17.3 Å². The fourth-order valence-corrected chi connectivity index (χ4v) is 2.86. The van der Waals surface area contributed by atoms with Gasteiger partial charge in [0.2, 0.25) is 0 Å². The van der Waals surface area contributed by atoms with Crippen LogP contribution in [0.2, 0.25) is 5.02 Å². The fraction of sp³-hybridized carbons (Fsp3) is 0.211. The minimum absolute atomic E-state index is 0.0763. The van der Waals surface area contributed by atoms with Crippen molar-refractivity contribution >= 4 is 28.5 Å². The van der Waals surface area contributed by atoms with Crippen LogP contribution < -0.4 is 14.8 Å². The second-order valence-electron chi connectivity index (χ2n) is 5.74. The maximum atomic E-state index is 12.5. The lowest BCUT2D eigenvalue weighted by Crippen LogP contribution is -2.23. The summed E-state index contributed by atoms with van der Waals surface area (Å²) in [7, 11) is 1.35. The van der Waals surface area contributed by atoms with E-state index in [1.54, 1.807) is 31.2 Å². The number of hydrogen-bond acceptors (Lipinski definition) is 4. The van der Waals surface area contributed by atoms with Crippen LogP contribution in [0.4, 0.5) is 8.78 Å². The number of furan rings is 1. The first-order chi connectivity index (χ1) is 12.9. The molecule has 0 aliphatic rings. The molecule has 0 fully saturated rings. The van der Waals surface area contributed by atoms with Crippen molar-refractivity contribution in [1.29, 1.82) is 0 Å². The largest absolute Gasteiger partial charge is 0.493 e. The lowest BCUT2D eigenvalue weighted by Gasteiger charge is -2.11. The third-order valence-corrected chi connectivity index (χ3v) is 4.24. The maximum absolute atomic E-state index is 12.5. The Morgan fingerprint density at radius 3 is 2.70 bits per heavy atom. The molecule has 0 saturated heterocycles. The molecule has 0 spiro atoms. The summed E-state index contributed by atoms with van der Waals surface area (Å²) in [5.41, 5.74) is 1.90. The highest BCUT2D eigenvalue weighted by molar-refractivity contribution is 6.31. The summed E-state index contributed by atoms with van der Waals surface area (Å²) in [5, 5.41) is 4.05. The summed E-state index contributed by atoms with van der Waals surface area (Å²) in [4.78, 5) is 12.5. The third kappa shape index (κ3) is 4.14. The number of alkyl halides is 2. The number of carbonyl (C=O) groups is 1. The molecule has 0 saturated carbocycles. The summed E-state index contributed by atoms with van der Waals surface area (Å²) in [6.07, 6.45) is 0. The van der Waals surface area contributed by atoms with Crippen molar-refractivity contribution in [3.05, 3.63) is 58.3 Å². The highest BCUT2D eigenvalue weighted by Gasteiger charge is 2.18. The Balaban J connectivity index is 1.75. The quantitative estimate of drug-likeness (QED) is 0.642. The minimum Gasteiger partial charge on any atom is -0.493 e. The van der Waals surface area contributed by atoms with E-state index in [1.165, 1.54) is 19.2 Å². The zero-order valence-corrected chi connectivity index (χ0v) is 15.3. The number of aryl methyl sites for hydroxylation is 1. The van der Waals surface area contributed by atoms with E-state index < -0.39 is 12.5 Å². The molecule has 1 N–H and O–H groups in total. The van der Waals surface area contributed by atoms with Gasteiger partial charge in [0.25, 0.3) is 5.91 Å². The van der Waals surface area contributed by atoms with Crippen LogP contribution >= 0.6 is 11.6 Å².